The van der Waals surface area contributed by atoms with Gasteiger partial charge in [0, 0.05) is 43.1 Å². The molecule has 2 aromatic rings. The maximum Gasteiger partial charge on any atom is 0.412 e. The standard InChI is InChI=1S/C26H34N4O4/c1-18-8-6-11-22(19(18)2)28-23(31)17-29-12-14-30(15-13-29)24(32)20-9-7-10-21(16-20)27-25(33)34-26(3,4)5/h6-11,16H,12-15,17H2,1-5H3,(H,27,33)(H,28,31). The van der Waals surface area contributed by atoms with Crippen molar-refractivity contribution < 1.29 is 19.1 Å². The van der Waals surface area contributed by atoms with E-state index in [0.29, 0.717) is 37.4 Å². The van der Waals surface area contributed by atoms with Crippen molar-refractivity contribution in [3.05, 3.63) is 59.2 Å². The second-order valence-electron chi connectivity index (χ2n) is 9.57. The third-order valence-electron chi connectivity index (χ3n) is 5.66. The van der Waals surface area contributed by atoms with Gasteiger partial charge in [-0.3, -0.25) is 19.8 Å². The highest BCUT2D eigenvalue weighted by Gasteiger charge is 2.24. The minimum atomic E-state index is -0.604. The molecule has 0 atom stereocenters. The Balaban J connectivity index is 1.51. The molecule has 2 N–H and O–H groups in total. The molecule has 182 valence electrons. The summed E-state index contributed by atoms with van der Waals surface area (Å²) in [5.41, 5.74) is 3.42. The zero-order valence-electron chi connectivity index (χ0n) is 20.6. The maximum absolute atomic E-state index is 13.0. The zero-order valence-corrected chi connectivity index (χ0v) is 20.6. The second kappa shape index (κ2) is 10.7. The summed E-state index contributed by atoms with van der Waals surface area (Å²) in [7, 11) is 0. The van der Waals surface area contributed by atoms with Gasteiger partial charge in [-0.2, -0.15) is 0 Å². The van der Waals surface area contributed by atoms with Crippen molar-refractivity contribution in [1.29, 1.82) is 0 Å². The molecule has 0 aromatic heterocycles. The van der Waals surface area contributed by atoms with Crippen molar-refractivity contribution >= 4 is 29.3 Å². The van der Waals surface area contributed by atoms with Crippen LogP contribution in [0.1, 0.15) is 42.3 Å². The van der Waals surface area contributed by atoms with Gasteiger partial charge in [-0.15, -0.1) is 0 Å². The lowest BCUT2D eigenvalue weighted by Crippen LogP contribution is -2.50. The summed E-state index contributed by atoms with van der Waals surface area (Å²) in [6.07, 6.45) is -0.565. The van der Waals surface area contributed by atoms with E-state index in [1.807, 2.05) is 36.9 Å². The fourth-order valence-electron chi connectivity index (χ4n) is 3.72. The first kappa shape index (κ1) is 25.2. The summed E-state index contributed by atoms with van der Waals surface area (Å²) >= 11 is 0. The number of rotatable bonds is 5. The van der Waals surface area contributed by atoms with Crippen LogP contribution in [0.5, 0.6) is 0 Å². The summed E-state index contributed by atoms with van der Waals surface area (Å²) in [4.78, 5) is 41.3. The minimum Gasteiger partial charge on any atom is -0.444 e. The number of nitrogens with zero attached hydrogens (tertiary/aromatic N) is 2. The topological polar surface area (TPSA) is 91.0 Å². The van der Waals surface area contributed by atoms with E-state index in [4.69, 9.17) is 4.74 Å². The Labute approximate surface area is 201 Å². The predicted octanol–water partition coefficient (Wildman–Crippen LogP) is 4.05. The molecule has 2 aromatic carbocycles. The highest BCUT2D eigenvalue weighted by atomic mass is 16.6. The molecule has 1 heterocycles. The van der Waals surface area contributed by atoms with Crippen LogP contribution in [0.2, 0.25) is 0 Å². The van der Waals surface area contributed by atoms with E-state index in [1.54, 1.807) is 49.9 Å². The van der Waals surface area contributed by atoms with Crippen molar-refractivity contribution in [2.75, 3.05) is 43.4 Å². The fourth-order valence-corrected chi connectivity index (χ4v) is 3.72. The molecule has 1 aliphatic heterocycles. The smallest absolute Gasteiger partial charge is 0.412 e. The largest absolute Gasteiger partial charge is 0.444 e. The van der Waals surface area contributed by atoms with Gasteiger partial charge in [-0.25, -0.2) is 4.79 Å². The average molecular weight is 467 g/mol. The lowest BCUT2D eigenvalue weighted by molar-refractivity contribution is -0.117. The van der Waals surface area contributed by atoms with Crippen LogP contribution < -0.4 is 10.6 Å². The molecule has 8 nitrogen and oxygen atoms in total. The van der Waals surface area contributed by atoms with E-state index < -0.39 is 11.7 Å². The molecule has 34 heavy (non-hydrogen) atoms. The summed E-state index contributed by atoms with van der Waals surface area (Å²) in [5.74, 6) is -0.165. The van der Waals surface area contributed by atoms with Crippen molar-refractivity contribution in [2.24, 2.45) is 0 Å². The highest BCUT2D eigenvalue weighted by molar-refractivity contribution is 5.96. The fraction of sp³-hybridized carbons (Fsp3) is 0.423. The van der Waals surface area contributed by atoms with Crippen LogP contribution in [0.3, 0.4) is 0 Å². The SMILES string of the molecule is Cc1cccc(NC(=O)CN2CCN(C(=O)c3cccc(NC(=O)OC(C)(C)C)c3)CC2)c1C. The lowest BCUT2D eigenvalue weighted by atomic mass is 10.1. The van der Waals surface area contributed by atoms with Gasteiger partial charge in [0.25, 0.3) is 5.91 Å². The van der Waals surface area contributed by atoms with Crippen molar-refractivity contribution in [2.45, 2.75) is 40.2 Å². The number of aryl methyl sites for hydroxylation is 1. The van der Waals surface area contributed by atoms with E-state index in [9.17, 15) is 14.4 Å². The maximum atomic E-state index is 13.0. The average Bonchev–Trinajstić information content (AvgIpc) is 2.76. The summed E-state index contributed by atoms with van der Waals surface area (Å²) in [5, 5.41) is 5.66. The molecule has 0 spiro atoms. The number of ether oxygens (including phenoxy) is 1. The van der Waals surface area contributed by atoms with Crippen LogP contribution in [0, 0.1) is 13.8 Å². The Morgan fingerprint density at radius 1 is 0.941 bits per heavy atom. The van der Waals surface area contributed by atoms with Gasteiger partial charge in [0.15, 0.2) is 0 Å². The Morgan fingerprint density at radius 2 is 1.62 bits per heavy atom. The first-order valence-corrected chi connectivity index (χ1v) is 11.5. The molecule has 8 heteroatoms. The summed E-state index contributed by atoms with van der Waals surface area (Å²) in [6, 6.07) is 12.7. The predicted molar refractivity (Wildman–Crippen MR) is 133 cm³/mol. The number of nitrogens with one attached hydrogen (secondary N) is 2. The third kappa shape index (κ3) is 7.05. The van der Waals surface area contributed by atoms with E-state index in [-0.39, 0.29) is 18.4 Å². The quantitative estimate of drug-likeness (QED) is 0.694. The summed E-state index contributed by atoms with van der Waals surface area (Å²) in [6.45, 7) is 11.9. The van der Waals surface area contributed by atoms with Gasteiger partial charge in [0.2, 0.25) is 5.91 Å². The number of amides is 3. The monoisotopic (exact) mass is 466 g/mol. The van der Waals surface area contributed by atoms with Gasteiger partial charge < -0.3 is 15.0 Å². The highest BCUT2D eigenvalue weighted by Crippen LogP contribution is 2.19. The van der Waals surface area contributed by atoms with Gasteiger partial charge in [-0.1, -0.05) is 18.2 Å². The molecule has 1 aliphatic rings. The molecular formula is C26H34N4O4. The first-order chi connectivity index (χ1) is 16.0. The molecule has 1 fully saturated rings. The molecule has 3 amide bonds. The molecule has 0 saturated carbocycles. The number of hydrogen-bond acceptors (Lipinski definition) is 5. The van der Waals surface area contributed by atoms with Crippen LogP contribution in [0.25, 0.3) is 0 Å². The van der Waals surface area contributed by atoms with Crippen LogP contribution in [-0.4, -0.2) is 66.0 Å². The Bertz CT molecular complexity index is 1050. The third-order valence-corrected chi connectivity index (χ3v) is 5.66. The van der Waals surface area contributed by atoms with Gasteiger partial charge in [-0.05, 0) is 70.0 Å². The number of carbonyl (C=O) groups is 3. The Kier molecular flexibility index (Phi) is 7.94. The van der Waals surface area contributed by atoms with E-state index in [1.165, 1.54) is 0 Å². The Morgan fingerprint density at radius 3 is 2.29 bits per heavy atom. The van der Waals surface area contributed by atoms with Crippen LogP contribution in [0.4, 0.5) is 16.2 Å². The van der Waals surface area contributed by atoms with Crippen molar-refractivity contribution in [3.8, 4) is 0 Å². The van der Waals surface area contributed by atoms with Crippen LogP contribution in [-0.2, 0) is 9.53 Å². The van der Waals surface area contributed by atoms with Crippen molar-refractivity contribution in [3.63, 3.8) is 0 Å². The first-order valence-electron chi connectivity index (χ1n) is 11.5. The normalized spacial score (nSPS) is 14.4. The molecule has 1 saturated heterocycles. The second-order valence-corrected chi connectivity index (χ2v) is 9.57. The molecule has 0 unspecified atom stereocenters. The molecular weight excluding hydrogens is 432 g/mol. The van der Waals surface area contributed by atoms with Gasteiger partial charge in [0.05, 0.1) is 6.54 Å². The minimum absolute atomic E-state index is 0.0607. The van der Waals surface area contributed by atoms with E-state index in [0.717, 1.165) is 16.8 Å². The Hall–Kier alpha value is -3.39. The molecule has 0 bridgehead atoms. The van der Waals surface area contributed by atoms with Crippen LogP contribution in [0.15, 0.2) is 42.5 Å². The number of benzene rings is 2. The molecule has 0 aliphatic carbocycles. The van der Waals surface area contributed by atoms with Crippen LogP contribution >= 0.6 is 0 Å². The lowest BCUT2D eigenvalue weighted by Gasteiger charge is -2.34. The number of anilines is 2. The number of carbonyl (C=O) groups excluding carboxylic acids is 3. The molecule has 3 rings (SSSR count). The zero-order chi connectivity index (χ0) is 24.9. The molecule has 0 radical (unpaired) electrons. The van der Waals surface area contributed by atoms with E-state index >= 15 is 0 Å². The van der Waals surface area contributed by atoms with E-state index in [2.05, 4.69) is 10.6 Å². The summed E-state index contributed by atoms with van der Waals surface area (Å²) < 4.78 is 5.27. The van der Waals surface area contributed by atoms with Crippen molar-refractivity contribution in [1.82, 2.24) is 9.80 Å². The number of piperazine rings is 1. The number of hydrogen-bond donors (Lipinski definition) is 2. The van der Waals surface area contributed by atoms with Gasteiger partial charge in [0.1, 0.15) is 5.60 Å². The van der Waals surface area contributed by atoms with Gasteiger partial charge >= 0.3 is 6.09 Å².